The molecular formula is C25H30N2O7. The molecule has 2 aliphatic rings. The van der Waals surface area contributed by atoms with Crippen molar-refractivity contribution >= 4 is 0 Å². The maximum atomic E-state index is 13.4. The van der Waals surface area contributed by atoms with Crippen molar-refractivity contribution in [3.05, 3.63) is 93.8 Å². The third-order valence-electron chi connectivity index (χ3n) is 6.47. The number of aromatic nitrogens is 2. The van der Waals surface area contributed by atoms with E-state index in [0.717, 1.165) is 10.1 Å². The molecule has 3 heterocycles. The molecule has 1 aromatic heterocycles. The monoisotopic (exact) mass is 470 g/mol. The zero-order valence-electron chi connectivity index (χ0n) is 19.3. The highest BCUT2D eigenvalue weighted by molar-refractivity contribution is 5.20. The Kier molecular flexibility index (Phi) is 7.01. The molecule has 1 aromatic carbocycles. The van der Waals surface area contributed by atoms with Gasteiger partial charge in [-0.2, -0.15) is 0 Å². The molecule has 0 aliphatic carbocycles. The Balaban J connectivity index is 1.67. The third kappa shape index (κ3) is 3.89. The van der Waals surface area contributed by atoms with E-state index in [4.69, 9.17) is 18.9 Å². The number of rotatable bonds is 10. The Morgan fingerprint density at radius 3 is 2.65 bits per heavy atom. The molecule has 1 N–H and O–H groups in total. The number of ether oxygens (including phenoxy) is 4. The van der Waals surface area contributed by atoms with Crippen LogP contribution in [0.15, 0.2) is 71.4 Å². The van der Waals surface area contributed by atoms with Crippen LogP contribution in [0.4, 0.5) is 0 Å². The van der Waals surface area contributed by atoms with Crippen molar-refractivity contribution < 1.29 is 24.1 Å². The molecule has 9 nitrogen and oxygen atoms in total. The van der Waals surface area contributed by atoms with Gasteiger partial charge in [0, 0.05) is 18.9 Å². The molecule has 0 amide bonds. The summed E-state index contributed by atoms with van der Waals surface area (Å²) in [5.74, 6) is 0. The van der Waals surface area contributed by atoms with E-state index in [1.54, 1.807) is 13.0 Å². The quantitative estimate of drug-likeness (QED) is 0.527. The molecule has 2 saturated heterocycles. The van der Waals surface area contributed by atoms with Gasteiger partial charge in [-0.05, 0) is 18.9 Å². The second-order valence-electron chi connectivity index (χ2n) is 8.51. The number of fused-ring (bicyclic) bond motifs is 2. The SMILES string of the molecule is C=CCC1O[C@H]2[C@H](n3cc(C)c(=O)n(COCc4ccccc4)c3=O)OC1([C@@H](O)C=C)[C@H]2OC. The highest BCUT2D eigenvalue weighted by Crippen LogP contribution is 2.52. The number of methoxy groups -OCH3 is 1. The summed E-state index contributed by atoms with van der Waals surface area (Å²) in [7, 11) is 1.50. The minimum atomic E-state index is -1.28. The van der Waals surface area contributed by atoms with Gasteiger partial charge in [0.2, 0.25) is 0 Å². The lowest BCUT2D eigenvalue weighted by atomic mass is 9.85. The van der Waals surface area contributed by atoms with Crippen LogP contribution in [0.5, 0.6) is 0 Å². The first-order valence-corrected chi connectivity index (χ1v) is 11.1. The smallest absolute Gasteiger partial charge is 0.335 e. The summed E-state index contributed by atoms with van der Waals surface area (Å²) >= 11 is 0. The average Bonchev–Trinajstić information content (AvgIpc) is 3.34. The predicted molar refractivity (Wildman–Crippen MR) is 124 cm³/mol. The summed E-state index contributed by atoms with van der Waals surface area (Å²) in [6, 6.07) is 9.46. The summed E-state index contributed by atoms with van der Waals surface area (Å²) in [5.41, 5.74) is -1.08. The van der Waals surface area contributed by atoms with E-state index in [9.17, 15) is 14.7 Å². The van der Waals surface area contributed by atoms with Gasteiger partial charge < -0.3 is 24.1 Å². The fourth-order valence-corrected chi connectivity index (χ4v) is 4.86. The molecule has 9 heteroatoms. The molecule has 0 spiro atoms. The van der Waals surface area contributed by atoms with Crippen LogP contribution in [0, 0.1) is 6.92 Å². The fourth-order valence-electron chi connectivity index (χ4n) is 4.86. The summed E-state index contributed by atoms with van der Waals surface area (Å²) in [6.45, 7) is 9.09. The van der Waals surface area contributed by atoms with E-state index >= 15 is 0 Å². The normalized spacial score (nSPS) is 28.7. The number of aliphatic hydroxyl groups is 1. The van der Waals surface area contributed by atoms with E-state index in [1.807, 2.05) is 30.3 Å². The summed E-state index contributed by atoms with van der Waals surface area (Å²) < 4.78 is 26.2. The first kappa shape index (κ1) is 24.3. The van der Waals surface area contributed by atoms with Crippen LogP contribution < -0.4 is 11.2 Å². The second kappa shape index (κ2) is 9.81. The van der Waals surface area contributed by atoms with Gasteiger partial charge in [0.1, 0.15) is 25.0 Å². The number of hydrogen-bond donors (Lipinski definition) is 1. The van der Waals surface area contributed by atoms with Gasteiger partial charge >= 0.3 is 5.69 Å². The number of benzene rings is 1. The van der Waals surface area contributed by atoms with Gasteiger partial charge in [-0.15, -0.1) is 13.2 Å². The first-order chi connectivity index (χ1) is 16.4. The number of hydrogen-bond acceptors (Lipinski definition) is 7. The molecule has 34 heavy (non-hydrogen) atoms. The van der Waals surface area contributed by atoms with Crippen molar-refractivity contribution in [3.8, 4) is 0 Å². The predicted octanol–water partition coefficient (Wildman–Crippen LogP) is 1.67. The molecule has 2 bridgehead atoms. The Labute approximate surface area is 197 Å². The van der Waals surface area contributed by atoms with E-state index in [-0.39, 0.29) is 13.3 Å². The van der Waals surface area contributed by atoms with Crippen LogP contribution in [0.3, 0.4) is 0 Å². The lowest BCUT2D eigenvalue weighted by Crippen LogP contribution is -2.56. The van der Waals surface area contributed by atoms with E-state index in [2.05, 4.69) is 13.2 Å². The van der Waals surface area contributed by atoms with Crippen LogP contribution in [0.1, 0.15) is 23.8 Å². The molecule has 2 aliphatic heterocycles. The molecular weight excluding hydrogens is 440 g/mol. The summed E-state index contributed by atoms with van der Waals surface area (Å²) in [6.07, 6.45) is 0.945. The number of aryl methyl sites for hydroxylation is 1. The van der Waals surface area contributed by atoms with Crippen molar-refractivity contribution in [2.75, 3.05) is 7.11 Å². The molecule has 2 fully saturated rings. The average molecular weight is 471 g/mol. The van der Waals surface area contributed by atoms with Gasteiger partial charge in [0.25, 0.3) is 5.56 Å². The third-order valence-corrected chi connectivity index (χ3v) is 6.47. The second-order valence-corrected chi connectivity index (χ2v) is 8.51. The van der Waals surface area contributed by atoms with Crippen LogP contribution in [-0.4, -0.2) is 51.4 Å². The van der Waals surface area contributed by atoms with E-state index in [0.29, 0.717) is 12.0 Å². The van der Waals surface area contributed by atoms with Crippen LogP contribution in [0.2, 0.25) is 0 Å². The van der Waals surface area contributed by atoms with Gasteiger partial charge in [0.05, 0.1) is 12.7 Å². The summed E-state index contributed by atoms with van der Waals surface area (Å²) in [4.78, 5) is 26.1. The van der Waals surface area contributed by atoms with Gasteiger partial charge in [-0.25, -0.2) is 9.36 Å². The largest absolute Gasteiger partial charge is 0.386 e. The highest BCUT2D eigenvalue weighted by Gasteiger charge is 2.69. The Morgan fingerprint density at radius 2 is 2.00 bits per heavy atom. The molecule has 182 valence electrons. The zero-order valence-corrected chi connectivity index (χ0v) is 19.3. The standard InChI is InChI=1S/C25H30N2O7/c1-5-10-19-25(18(28)6-2)21(31-4)20(33-19)23(34-25)26-13-16(3)22(29)27(24(26)30)15-32-14-17-11-8-7-9-12-17/h5-9,11-13,18-21,23,28H,1-2,10,14-15H2,3-4H3/t18-,19?,20+,21-,23+,25?/m0/s1. The Bertz CT molecular complexity index is 1160. The lowest BCUT2D eigenvalue weighted by molar-refractivity contribution is -0.236. The van der Waals surface area contributed by atoms with Gasteiger partial charge in [-0.3, -0.25) is 9.36 Å². The van der Waals surface area contributed by atoms with Crippen molar-refractivity contribution in [2.24, 2.45) is 0 Å². The van der Waals surface area contributed by atoms with Crippen molar-refractivity contribution in [2.45, 2.75) is 62.9 Å². The summed E-state index contributed by atoms with van der Waals surface area (Å²) in [5, 5.41) is 10.8. The Hall–Kier alpha value is -2.82. The van der Waals surface area contributed by atoms with Gasteiger partial charge in [0.15, 0.2) is 11.8 Å². The van der Waals surface area contributed by atoms with Crippen LogP contribution in [0.25, 0.3) is 0 Å². The Morgan fingerprint density at radius 1 is 1.26 bits per heavy atom. The number of nitrogens with zero attached hydrogens (tertiary/aromatic N) is 2. The topological polar surface area (TPSA) is 101 Å². The molecule has 4 rings (SSSR count). The van der Waals surface area contributed by atoms with Crippen molar-refractivity contribution in [3.63, 3.8) is 0 Å². The molecule has 0 radical (unpaired) electrons. The fraction of sp³-hybridized carbons (Fsp3) is 0.440. The van der Waals surface area contributed by atoms with E-state index in [1.165, 1.54) is 23.9 Å². The van der Waals surface area contributed by atoms with E-state index < -0.39 is 47.5 Å². The van der Waals surface area contributed by atoms with Crippen molar-refractivity contribution in [1.82, 2.24) is 9.13 Å². The molecule has 0 saturated carbocycles. The highest BCUT2D eigenvalue weighted by atomic mass is 16.7. The molecule has 2 unspecified atom stereocenters. The first-order valence-electron chi connectivity index (χ1n) is 11.1. The minimum absolute atomic E-state index is 0.223. The number of aliphatic hydroxyl groups excluding tert-OH is 1. The van der Waals surface area contributed by atoms with Gasteiger partial charge in [-0.1, -0.05) is 42.5 Å². The lowest BCUT2D eigenvalue weighted by Gasteiger charge is -2.40. The van der Waals surface area contributed by atoms with Crippen molar-refractivity contribution in [1.29, 1.82) is 0 Å². The molecule has 2 aromatic rings. The van der Waals surface area contributed by atoms with Crippen LogP contribution in [-0.2, 0) is 32.3 Å². The molecule has 6 atom stereocenters. The zero-order chi connectivity index (χ0) is 24.5. The maximum absolute atomic E-state index is 13.4. The maximum Gasteiger partial charge on any atom is 0.335 e. The van der Waals surface area contributed by atoms with Crippen LogP contribution >= 0.6 is 0 Å². The minimum Gasteiger partial charge on any atom is -0.386 e.